The Balaban J connectivity index is 2.02. The zero-order valence-corrected chi connectivity index (χ0v) is 8.66. The summed E-state index contributed by atoms with van der Waals surface area (Å²) in [4.78, 5) is 0. The summed E-state index contributed by atoms with van der Waals surface area (Å²) in [6, 6.07) is 11.0. The van der Waals surface area contributed by atoms with Gasteiger partial charge in [-0.2, -0.15) is 0 Å². The highest BCUT2D eigenvalue weighted by Gasteiger charge is 2.44. The number of hydrogen-bond acceptors (Lipinski definition) is 2. The fourth-order valence-corrected chi connectivity index (χ4v) is 1.90. The van der Waals surface area contributed by atoms with Crippen molar-refractivity contribution in [3.63, 3.8) is 0 Å². The Morgan fingerprint density at radius 3 is 2.50 bits per heavy atom. The SMILES string of the molecule is CC1(C(Cc2ccccc2)NN)CC1. The molecule has 0 aromatic heterocycles. The molecule has 1 saturated carbocycles. The molecule has 0 amide bonds. The Morgan fingerprint density at radius 1 is 1.36 bits per heavy atom. The van der Waals surface area contributed by atoms with Crippen LogP contribution in [-0.4, -0.2) is 6.04 Å². The quantitative estimate of drug-likeness (QED) is 0.562. The van der Waals surface area contributed by atoms with Crippen LogP contribution in [0.1, 0.15) is 25.3 Å². The van der Waals surface area contributed by atoms with Crippen molar-refractivity contribution < 1.29 is 0 Å². The normalized spacial score (nSPS) is 20.4. The maximum atomic E-state index is 5.60. The van der Waals surface area contributed by atoms with Gasteiger partial charge in [-0.15, -0.1) is 0 Å². The molecule has 0 aliphatic heterocycles. The van der Waals surface area contributed by atoms with Crippen molar-refractivity contribution in [3.8, 4) is 0 Å². The van der Waals surface area contributed by atoms with Gasteiger partial charge in [-0.25, -0.2) is 0 Å². The van der Waals surface area contributed by atoms with Crippen LogP contribution in [0.4, 0.5) is 0 Å². The van der Waals surface area contributed by atoms with Crippen LogP contribution < -0.4 is 11.3 Å². The third-order valence-electron chi connectivity index (χ3n) is 3.36. The van der Waals surface area contributed by atoms with E-state index in [-0.39, 0.29) is 0 Å². The Hall–Kier alpha value is -0.860. The molecule has 0 heterocycles. The first-order valence-corrected chi connectivity index (χ1v) is 5.25. The van der Waals surface area contributed by atoms with Crippen LogP contribution in [0.2, 0.25) is 0 Å². The molecule has 0 radical (unpaired) electrons. The molecular formula is C12H18N2. The van der Waals surface area contributed by atoms with E-state index in [1.54, 1.807) is 0 Å². The van der Waals surface area contributed by atoms with Gasteiger partial charge < -0.3 is 0 Å². The van der Waals surface area contributed by atoms with Crippen molar-refractivity contribution >= 4 is 0 Å². The molecule has 1 aliphatic rings. The minimum Gasteiger partial charge on any atom is -0.271 e. The average molecular weight is 190 g/mol. The average Bonchev–Trinajstić information content (AvgIpc) is 2.95. The topological polar surface area (TPSA) is 38.0 Å². The van der Waals surface area contributed by atoms with Gasteiger partial charge in [0.15, 0.2) is 0 Å². The van der Waals surface area contributed by atoms with E-state index in [9.17, 15) is 0 Å². The van der Waals surface area contributed by atoms with Gasteiger partial charge in [-0.05, 0) is 30.2 Å². The predicted molar refractivity (Wildman–Crippen MR) is 58.6 cm³/mol. The summed E-state index contributed by atoms with van der Waals surface area (Å²) < 4.78 is 0. The van der Waals surface area contributed by atoms with Crippen molar-refractivity contribution in [1.82, 2.24) is 5.43 Å². The standard InChI is InChI=1S/C12H18N2/c1-12(7-8-12)11(14-13)9-10-5-3-2-4-6-10/h2-6,11,14H,7-9,13H2,1H3. The summed E-state index contributed by atoms with van der Waals surface area (Å²) in [5, 5.41) is 0. The molecule has 1 aromatic rings. The maximum Gasteiger partial charge on any atom is 0.0304 e. The Labute approximate surface area is 85.5 Å². The molecule has 2 heteroatoms. The Bertz CT molecular complexity index is 290. The number of rotatable bonds is 4. The lowest BCUT2D eigenvalue weighted by molar-refractivity contribution is 0.359. The molecule has 14 heavy (non-hydrogen) atoms. The predicted octanol–water partition coefficient (Wildman–Crippen LogP) is 1.86. The molecule has 0 saturated heterocycles. The number of nitrogens with two attached hydrogens (primary N) is 1. The molecule has 0 bridgehead atoms. The van der Waals surface area contributed by atoms with Crippen molar-refractivity contribution in [1.29, 1.82) is 0 Å². The molecule has 2 rings (SSSR count). The zero-order valence-electron chi connectivity index (χ0n) is 8.66. The molecular weight excluding hydrogens is 172 g/mol. The monoisotopic (exact) mass is 190 g/mol. The van der Waals surface area contributed by atoms with E-state index < -0.39 is 0 Å². The van der Waals surface area contributed by atoms with Gasteiger partial charge in [-0.3, -0.25) is 11.3 Å². The first-order chi connectivity index (χ1) is 6.74. The van der Waals surface area contributed by atoms with Gasteiger partial charge in [0.05, 0.1) is 0 Å². The van der Waals surface area contributed by atoms with E-state index in [2.05, 4.69) is 36.6 Å². The van der Waals surface area contributed by atoms with Gasteiger partial charge in [0.25, 0.3) is 0 Å². The minimum absolute atomic E-state index is 0.421. The van der Waals surface area contributed by atoms with E-state index in [4.69, 9.17) is 5.84 Å². The minimum atomic E-state index is 0.421. The second-order valence-corrected chi connectivity index (χ2v) is 4.56. The van der Waals surface area contributed by atoms with Crippen LogP contribution in [0.25, 0.3) is 0 Å². The lowest BCUT2D eigenvalue weighted by atomic mass is 9.93. The van der Waals surface area contributed by atoms with E-state index in [1.165, 1.54) is 18.4 Å². The van der Waals surface area contributed by atoms with E-state index in [1.807, 2.05) is 6.07 Å². The van der Waals surface area contributed by atoms with Gasteiger partial charge in [0.1, 0.15) is 0 Å². The Morgan fingerprint density at radius 2 is 2.00 bits per heavy atom. The van der Waals surface area contributed by atoms with Crippen LogP contribution >= 0.6 is 0 Å². The molecule has 1 atom stereocenters. The van der Waals surface area contributed by atoms with Crippen LogP contribution in [0.3, 0.4) is 0 Å². The summed E-state index contributed by atoms with van der Waals surface area (Å²) in [6.07, 6.45) is 3.64. The van der Waals surface area contributed by atoms with Gasteiger partial charge in [-0.1, -0.05) is 37.3 Å². The second-order valence-electron chi connectivity index (χ2n) is 4.56. The maximum absolute atomic E-state index is 5.60. The molecule has 2 nitrogen and oxygen atoms in total. The molecule has 1 fully saturated rings. The molecule has 0 spiro atoms. The van der Waals surface area contributed by atoms with Crippen LogP contribution in [0.5, 0.6) is 0 Å². The molecule has 1 unspecified atom stereocenters. The van der Waals surface area contributed by atoms with E-state index in [0.717, 1.165) is 6.42 Å². The third-order valence-corrected chi connectivity index (χ3v) is 3.36. The van der Waals surface area contributed by atoms with Crippen molar-refractivity contribution in [3.05, 3.63) is 35.9 Å². The largest absolute Gasteiger partial charge is 0.271 e. The van der Waals surface area contributed by atoms with Gasteiger partial charge in [0, 0.05) is 6.04 Å². The van der Waals surface area contributed by atoms with Crippen LogP contribution in [0.15, 0.2) is 30.3 Å². The summed E-state index contributed by atoms with van der Waals surface area (Å²) in [7, 11) is 0. The zero-order chi connectivity index (χ0) is 10.0. The van der Waals surface area contributed by atoms with Crippen LogP contribution in [-0.2, 0) is 6.42 Å². The van der Waals surface area contributed by atoms with E-state index >= 15 is 0 Å². The summed E-state index contributed by atoms with van der Waals surface area (Å²) in [5.41, 5.74) is 4.75. The summed E-state index contributed by atoms with van der Waals surface area (Å²) >= 11 is 0. The smallest absolute Gasteiger partial charge is 0.0304 e. The molecule has 76 valence electrons. The Kier molecular flexibility index (Phi) is 2.57. The third kappa shape index (κ3) is 1.97. The van der Waals surface area contributed by atoms with Crippen molar-refractivity contribution in [2.24, 2.45) is 11.3 Å². The fraction of sp³-hybridized carbons (Fsp3) is 0.500. The molecule has 3 N–H and O–H groups in total. The highest BCUT2D eigenvalue weighted by Crippen LogP contribution is 2.48. The van der Waals surface area contributed by atoms with Crippen molar-refractivity contribution in [2.45, 2.75) is 32.2 Å². The number of nitrogens with one attached hydrogen (secondary N) is 1. The summed E-state index contributed by atoms with van der Waals surface area (Å²) in [5.74, 6) is 5.60. The van der Waals surface area contributed by atoms with Gasteiger partial charge >= 0.3 is 0 Å². The molecule has 1 aromatic carbocycles. The van der Waals surface area contributed by atoms with E-state index in [0.29, 0.717) is 11.5 Å². The lowest BCUT2D eigenvalue weighted by Crippen LogP contribution is -2.42. The molecule has 1 aliphatic carbocycles. The number of hydrazine groups is 1. The van der Waals surface area contributed by atoms with Crippen molar-refractivity contribution in [2.75, 3.05) is 0 Å². The summed E-state index contributed by atoms with van der Waals surface area (Å²) in [6.45, 7) is 2.31. The lowest BCUT2D eigenvalue weighted by Gasteiger charge is -2.22. The second kappa shape index (κ2) is 3.71. The van der Waals surface area contributed by atoms with Crippen LogP contribution in [0, 0.1) is 5.41 Å². The fourth-order valence-electron chi connectivity index (χ4n) is 1.90. The number of benzene rings is 1. The highest BCUT2D eigenvalue weighted by atomic mass is 15.2. The highest BCUT2D eigenvalue weighted by molar-refractivity contribution is 5.17. The van der Waals surface area contributed by atoms with Gasteiger partial charge in [0.2, 0.25) is 0 Å². The first kappa shape index (κ1) is 9.69. The number of hydrogen-bond donors (Lipinski definition) is 2. The first-order valence-electron chi connectivity index (χ1n) is 5.25.